The molecule has 1 heterocycles. The maximum absolute atomic E-state index is 11.4. The summed E-state index contributed by atoms with van der Waals surface area (Å²) in [5.41, 5.74) is 3.30. The molecule has 0 bridgehead atoms. The molecule has 0 saturated carbocycles. The predicted molar refractivity (Wildman–Crippen MR) is 76.2 cm³/mol. The number of carboxylic acids is 1. The van der Waals surface area contributed by atoms with E-state index in [0.717, 1.165) is 19.5 Å². The van der Waals surface area contributed by atoms with Gasteiger partial charge in [-0.15, -0.1) is 0 Å². The van der Waals surface area contributed by atoms with Crippen molar-refractivity contribution in [1.29, 1.82) is 0 Å². The minimum Gasteiger partial charge on any atom is -0.481 e. The van der Waals surface area contributed by atoms with Gasteiger partial charge in [0.05, 0.1) is 5.41 Å². The minimum atomic E-state index is -0.641. The van der Waals surface area contributed by atoms with Crippen LogP contribution in [0.25, 0.3) is 0 Å². The molecule has 0 spiro atoms. The van der Waals surface area contributed by atoms with Crippen molar-refractivity contribution >= 4 is 5.97 Å². The van der Waals surface area contributed by atoms with Crippen molar-refractivity contribution < 1.29 is 9.90 Å². The van der Waals surface area contributed by atoms with E-state index in [0.29, 0.717) is 13.0 Å². The number of nitrogens with zero attached hydrogens (tertiary/aromatic N) is 1. The molecule has 104 valence electrons. The van der Waals surface area contributed by atoms with Crippen molar-refractivity contribution in [3.8, 4) is 0 Å². The fraction of sp³-hybridized carbons (Fsp3) is 0.562. The summed E-state index contributed by atoms with van der Waals surface area (Å²) in [7, 11) is 0. The largest absolute Gasteiger partial charge is 0.481 e. The van der Waals surface area contributed by atoms with Gasteiger partial charge in [0.1, 0.15) is 0 Å². The van der Waals surface area contributed by atoms with Crippen LogP contribution in [0.2, 0.25) is 0 Å². The van der Waals surface area contributed by atoms with Gasteiger partial charge in [-0.3, -0.25) is 9.69 Å². The normalized spacial score (nSPS) is 23.7. The van der Waals surface area contributed by atoms with Crippen molar-refractivity contribution in [1.82, 2.24) is 4.90 Å². The maximum atomic E-state index is 11.4. The summed E-state index contributed by atoms with van der Waals surface area (Å²) in [6.45, 7) is 8.60. The van der Waals surface area contributed by atoms with Gasteiger partial charge in [0.15, 0.2) is 0 Å². The summed E-state index contributed by atoms with van der Waals surface area (Å²) in [6, 6.07) is 6.56. The van der Waals surface area contributed by atoms with Crippen LogP contribution in [0, 0.1) is 19.3 Å². The van der Waals surface area contributed by atoms with Crippen LogP contribution < -0.4 is 0 Å². The van der Waals surface area contributed by atoms with E-state index in [1.54, 1.807) is 0 Å². The molecule has 0 aliphatic carbocycles. The number of hydrogen-bond acceptors (Lipinski definition) is 2. The molecule has 3 heteroatoms. The summed E-state index contributed by atoms with van der Waals surface area (Å²) >= 11 is 0. The van der Waals surface area contributed by atoms with Gasteiger partial charge in [-0.25, -0.2) is 0 Å². The molecule has 3 nitrogen and oxygen atoms in total. The second-order valence-corrected chi connectivity index (χ2v) is 5.90. The molecule has 0 amide bonds. The molecule has 0 aromatic heterocycles. The molecule has 1 N–H and O–H groups in total. The van der Waals surface area contributed by atoms with E-state index >= 15 is 0 Å². The van der Waals surface area contributed by atoms with Gasteiger partial charge in [-0.2, -0.15) is 0 Å². The third-order valence-electron chi connectivity index (χ3n) is 4.25. The SMILES string of the molecule is CCC1(C(=O)O)CCN(Cc2cc(C)cc(C)c2)C1. The van der Waals surface area contributed by atoms with Gasteiger partial charge < -0.3 is 5.11 Å². The van der Waals surface area contributed by atoms with Crippen molar-refractivity contribution in [2.24, 2.45) is 5.41 Å². The van der Waals surface area contributed by atoms with Crippen molar-refractivity contribution in [3.63, 3.8) is 0 Å². The predicted octanol–water partition coefficient (Wildman–Crippen LogP) is 2.99. The zero-order valence-corrected chi connectivity index (χ0v) is 12.1. The second-order valence-electron chi connectivity index (χ2n) is 5.90. The molecule has 0 radical (unpaired) electrons. The maximum Gasteiger partial charge on any atom is 0.310 e. The molecular weight excluding hydrogens is 238 g/mol. The Balaban J connectivity index is 2.08. The van der Waals surface area contributed by atoms with Crippen molar-refractivity contribution in [2.75, 3.05) is 13.1 Å². The first-order valence-corrected chi connectivity index (χ1v) is 6.98. The van der Waals surface area contributed by atoms with Crippen LogP contribution in [0.4, 0.5) is 0 Å². The summed E-state index contributed by atoms with van der Waals surface area (Å²) in [5, 5.41) is 9.41. The van der Waals surface area contributed by atoms with Gasteiger partial charge in [0, 0.05) is 13.1 Å². The van der Waals surface area contributed by atoms with Crippen molar-refractivity contribution in [3.05, 3.63) is 34.9 Å². The number of carboxylic acid groups (broad SMARTS) is 1. The number of aliphatic carboxylic acids is 1. The van der Waals surface area contributed by atoms with E-state index in [9.17, 15) is 9.90 Å². The third-order valence-corrected chi connectivity index (χ3v) is 4.25. The Morgan fingerprint density at radius 2 is 1.95 bits per heavy atom. The van der Waals surface area contributed by atoms with E-state index in [-0.39, 0.29) is 0 Å². The molecule has 1 fully saturated rings. The number of hydrogen-bond donors (Lipinski definition) is 1. The Kier molecular flexibility index (Phi) is 3.95. The van der Waals surface area contributed by atoms with Crippen LogP contribution in [0.15, 0.2) is 18.2 Å². The standard InChI is InChI=1S/C16H23NO2/c1-4-16(15(18)19)5-6-17(11-16)10-14-8-12(2)7-13(3)9-14/h7-9H,4-6,10-11H2,1-3H3,(H,18,19). The van der Waals surface area contributed by atoms with Crippen LogP contribution in [0.3, 0.4) is 0 Å². The van der Waals surface area contributed by atoms with Crippen LogP contribution >= 0.6 is 0 Å². The number of benzene rings is 1. The van der Waals surface area contributed by atoms with E-state index in [1.165, 1.54) is 16.7 Å². The first kappa shape index (κ1) is 14.1. The first-order valence-electron chi connectivity index (χ1n) is 6.98. The number of aryl methyl sites for hydroxylation is 2. The summed E-state index contributed by atoms with van der Waals surface area (Å²) in [5.74, 6) is -0.641. The van der Waals surface area contributed by atoms with Gasteiger partial charge >= 0.3 is 5.97 Å². The lowest BCUT2D eigenvalue weighted by Gasteiger charge is -2.23. The molecule has 1 aliphatic heterocycles. The fourth-order valence-corrected chi connectivity index (χ4v) is 3.13. The van der Waals surface area contributed by atoms with E-state index in [4.69, 9.17) is 0 Å². The van der Waals surface area contributed by atoms with E-state index < -0.39 is 11.4 Å². The van der Waals surface area contributed by atoms with Gasteiger partial charge in [0.25, 0.3) is 0 Å². The Labute approximate surface area is 115 Å². The second kappa shape index (κ2) is 5.33. The molecule has 2 rings (SSSR count). The topological polar surface area (TPSA) is 40.5 Å². The summed E-state index contributed by atoms with van der Waals surface area (Å²) < 4.78 is 0. The highest BCUT2D eigenvalue weighted by atomic mass is 16.4. The lowest BCUT2D eigenvalue weighted by molar-refractivity contribution is -0.148. The quantitative estimate of drug-likeness (QED) is 0.905. The monoisotopic (exact) mass is 261 g/mol. The molecule has 1 atom stereocenters. The Hall–Kier alpha value is -1.35. The third kappa shape index (κ3) is 2.98. The Morgan fingerprint density at radius 3 is 2.42 bits per heavy atom. The summed E-state index contributed by atoms with van der Waals surface area (Å²) in [6.07, 6.45) is 1.48. The van der Waals surface area contributed by atoms with Crippen LogP contribution in [-0.4, -0.2) is 29.1 Å². The van der Waals surface area contributed by atoms with Gasteiger partial charge in [-0.1, -0.05) is 36.2 Å². The van der Waals surface area contributed by atoms with Crippen molar-refractivity contribution in [2.45, 2.75) is 40.2 Å². The number of likely N-dealkylation sites (tertiary alicyclic amines) is 1. The smallest absolute Gasteiger partial charge is 0.310 e. The van der Waals surface area contributed by atoms with Gasteiger partial charge in [-0.05, 0) is 38.8 Å². The van der Waals surface area contributed by atoms with E-state index in [1.807, 2.05) is 6.92 Å². The average molecular weight is 261 g/mol. The van der Waals surface area contributed by atoms with Crippen LogP contribution in [0.5, 0.6) is 0 Å². The van der Waals surface area contributed by atoms with Crippen LogP contribution in [-0.2, 0) is 11.3 Å². The minimum absolute atomic E-state index is 0.529. The number of rotatable bonds is 4. The molecule has 1 saturated heterocycles. The van der Waals surface area contributed by atoms with Crippen LogP contribution in [0.1, 0.15) is 36.5 Å². The molecular formula is C16H23NO2. The molecule has 1 aliphatic rings. The average Bonchev–Trinajstić information content (AvgIpc) is 2.72. The zero-order chi connectivity index (χ0) is 14.0. The Bertz CT molecular complexity index is 463. The highest BCUT2D eigenvalue weighted by Gasteiger charge is 2.42. The lowest BCUT2D eigenvalue weighted by Crippen LogP contribution is -2.33. The molecule has 1 aromatic rings. The molecule has 1 aromatic carbocycles. The van der Waals surface area contributed by atoms with Gasteiger partial charge in [0.2, 0.25) is 0 Å². The number of carbonyl (C=O) groups is 1. The summed E-state index contributed by atoms with van der Waals surface area (Å²) in [4.78, 5) is 13.7. The Morgan fingerprint density at radius 1 is 1.32 bits per heavy atom. The lowest BCUT2D eigenvalue weighted by atomic mass is 9.84. The fourth-order valence-electron chi connectivity index (χ4n) is 3.13. The zero-order valence-electron chi connectivity index (χ0n) is 12.1. The highest BCUT2D eigenvalue weighted by molar-refractivity contribution is 5.75. The highest BCUT2D eigenvalue weighted by Crippen LogP contribution is 2.34. The first-order chi connectivity index (χ1) is 8.95. The molecule has 19 heavy (non-hydrogen) atoms. The van der Waals surface area contributed by atoms with E-state index in [2.05, 4.69) is 36.9 Å². The molecule has 1 unspecified atom stereocenters.